The van der Waals surface area contributed by atoms with Crippen molar-refractivity contribution in [2.24, 2.45) is 0 Å². The fourth-order valence-electron chi connectivity index (χ4n) is 3.48. The molecule has 0 radical (unpaired) electrons. The molecule has 6 heteroatoms. The fourth-order valence-corrected chi connectivity index (χ4v) is 4.44. The van der Waals surface area contributed by atoms with Crippen LogP contribution in [0.3, 0.4) is 0 Å². The van der Waals surface area contributed by atoms with Crippen LogP contribution >= 0.6 is 11.3 Å². The molecule has 0 aliphatic carbocycles. The second-order valence-electron chi connectivity index (χ2n) is 6.55. The number of carbonyl (C=O) groups excluding carboxylic acids is 1. The lowest BCUT2D eigenvalue weighted by molar-refractivity contribution is 0.0443. The van der Waals surface area contributed by atoms with Gasteiger partial charge in [-0.2, -0.15) is 0 Å². The first-order chi connectivity index (χ1) is 11.7. The minimum atomic E-state index is -0.283. The summed E-state index contributed by atoms with van der Waals surface area (Å²) in [6, 6.07) is 10.3. The molecule has 1 atom stereocenters. The van der Waals surface area contributed by atoms with Crippen LogP contribution in [-0.4, -0.2) is 41.2 Å². The van der Waals surface area contributed by atoms with Crippen LogP contribution < -0.4 is 5.32 Å². The van der Waals surface area contributed by atoms with E-state index in [1.807, 2.05) is 24.4 Å². The van der Waals surface area contributed by atoms with Gasteiger partial charge in [0.05, 0.1) is 6.54 Å². The van der Waals surface area contributed by atoms with E-state index < -0.39 is 0 Å². The molecule has 1 N–H and O–H groups in total. The first kappa shape index (κ1) is 15.6. The minimum absolute atomic E-state index is 0.265. The van der Waals surface area contributed by atoms with Crippen LogP contribution in [0.4, 0.5) is 4.79 Å². The molecule has 2 saturated heterocycles. The Morgan fingerprint density at radius 1 is 1.25 bits per heavy atom. The van der Waals surface area contributed by atoms with Crippen molar-refractivity contribution < 1.29 is 9.53 Å². The standard InChI is InChI=1S/C18H21N3O2S/c22-17-20-13-18(23-17)7-4-9-21(10-8-18)12-15-11-19-16(24-15)14-5-2-1-3-6-14/h1-3,5-6,11H,4,7-10,12-13H2,(H,20,22). The molecule has 1 unspecified atom stereocenters. The van der Waals surface area contributed by atoms with E-state index in [1.165, 1.54) is 10.4 Å². The monoisotopic (exact) mass is 343 g/mol. The molecule has 3 heterocycles. The number of aromatic nitrogens is 1. The third kappa shape index (κ3) is 3.30. The summed E-state index contributed by atoms with van der Waals surface area (Å²) >= 11 is 1.76. The summed E-state index contributed by atoms with van der Waals surface area (Å²) in [5.41, 5.74) is 0.891. The summed E-state index contributed by atoms with van der Waals surface area (Å²) < 4.78 is 5.54. The quantitative estimate of drug-likeness (QED) is 0.929. The lowest BCUT2D eigenvalue weighted by atomic mass is 9.95. The van der Waals surface area contributed by atoms with E-state index >= 15 is 0 Å². The molecule has 5 nitrogen and oxygen atoms in total. The number of rotatable bonds is 3. The highest BCUT2D eigenvalue weighted by Crippen LogP contribution is 2.31. The Morgan fingerprint density at radius 3 is 2.92 bits per heavy atom. The number of hydrogen-bond acceptors (Lipinski definition) is 5. The SMILES string of the molecule is O=C1NCC2(CCCN(Cc3cnc(-c4ccccc4)s3)CC2)O1. The lowest BCUT2D eigenvalue weighted by Gasteiger charge is -2.24. The molecule has 4 rings (SSSR count). The second kappa shape index (κ2) is 6.53. The van der Waals surface area contributed by atoms with Crippen LogP contribution in [0.25, 0.3) is 10.6 Å². The molecule has 2 aromatic rings. The number of nitrogens with zero attached hydrogens (tertiary/aromatic N) is 2. The molecule has 1 aromatic carbocycles. The van der Waals surface area contributed by atoms with Gasteiger partial charge in [0.2, 0.25) is 0 Å². The van der Waals surface area contributed by atoms with Gasteiger partial charge in [0.25, 0.3) is 0 Å². The molecular weight excluding hydrogens is 322 g/mol. The fraction of sp³-hybridized carbons (Fsp3) is 0.444. The van der Waals surface area contributed by atoms with E-state index in [0.717, 1.165) is 43.9 Å². The smallest absolute Gasteiger partial charge is 0.407 e. The number of amides is 1. The Kier molecular flexibility index (Phi) is 4.24. The summed E-state index contributed by atoms with van der Waals surface area (Å²) in [7, 11) is 0. The molecule has 126 valence electrons. The van der Waals surface area contributed by atoms with Crippen molar-refractivity contribution in [3.8, 4) is 10.6 Å². The third-order valence-electron chi connectivity index (χ3n) is 4.81. The molecule has 2 aliphatic rings. The molecule has 2 fully saturated rings. The maximum Gasteiger partial charge on any atom is 0.407 e. The van der Waals surface area contributed by atoms with Gasteiger partial charge in [-0.1, -0.05) is 30.3 Å². The van der Waals surface area contributed by atoms with Gasteiger partial charge in [-0.15, -0.1) is 11.3 Å². The largest absolute Gasteiger partial charge is 0.441 e. The van der Waals surface area contributed by atoms with Crippen molar-refractivity contribution in [2.45, 2.75) is 31.4 Å². The zero-order chi connectivity index (χ0) is 16.4. The van der Waals surface area contributed by atoms with Crippen molar-refractivity contribution in [1.82, 2.24) is 15.2 Å². The predicted octanol–water partition coefficient (Wildman–Crippen LogP) is 3.27. The van der Waals surface area contributed by atoms with Crippen molar-refractivity contribution in [1.29, 1.82) is 0 Å². The molecule has 1 aromatic heterocycles. The molecule has 24 heavy (non-hydrogen) atoms. The van der Waals surface area contributed by atoms with E-state index in [1.54, 1.807) is 11.3 Å². The lowest BCUT2D eigenvalue weighted by Crippen LogP contribution is -2.34. The van der Waals surface area contributed by atoms with Crippen LogP contribution in [0.5, 0.6) is 0 Å². The first-order valence-corrected chi connectivity index (χ1v) is 9.23. The first-order valence-electron chi connectivity index (χ1n) is 8.42. The number of thiazole rings is 1. The number of benzene rings is 1. The van der Waals surface area contributed by atoms with Crippen molar-refractivity contribution >= 4 is 17.4 Å². The highest BCUT2D eigenvalue weighted by molar-refractivity contribution is 7.15. The van der Waals surface area contributed by atoms with E-state index in [-0.39, 0.29) is 11.7 Å². The van der Waals surface area contributed by atoms with Gasteiger partial charge in [-0.05, 0) is 19.4 Å². The van der Waals surface area contributed by atoms with Gasteiger partial charge in [0, 0.05) is 36.1 Å². The summed E-state index contributed by atoms with van der Waals surface area (Å²) in [6.45, 7) is 3.56. The molecular formula is C18H21N3O2S. The Hall–Kier alpha value is -1.92. The Balaban J connectivity index is 1.39. The molecule has 0 saturated carbocycles. The number of nitrogens with one attached hydrogen (secondary N) is 1. The maximum atomic E-state index is 11.4. The Bertz CT molecular complexity index is 718. The van der Waals surface area contributed by atoms with Gasteiger partial charge >= 0.3 is 6.09 Å². The highest BCUT2D eigenvalue weighted by Gasteiger charge is 2.41. The third-order valence-corrected chi connectivity index (χ3v) is 5.84. The zero-order valence-electron chi connectivity index (χ0n) is 13.5. The van der Waals surface area contributed by atoms with Gasteiger partial charge < -0.3 is 10.1 Å². The number of ether oxygens (including phenoxy) is 1. The second-order valence-corrected chi connectivity index (χ2v) is 7.67. The summed E-state index contributed by atoms with van der Waals surface area (Å²) in [5.74, 6) is 0. The zero-order valence-corrected chi connectivity index (χ0v) is 14.3. The average molecular weight is 343 g/mol. The van der Waals surface area contributed by atoms with Gasteiger partial charge in [0.15, 0.2) is 0 Å². The summed E-state index contributed by atoms with van der Waals surface area (Å²) in [6.07, 6.45) is 4.62. The molecule has 1 amide bonds. The van der Waals surface area contributed by atoms with Crippen LogP contribution in [0, 0.1) is 0 Å². The molecule has 1 spiro atoms. The van der Waals surface area contributed by atoms with Gasteiger partial charge in [0.1, 0.15) is 10.6 Å². The summed E-state index contributed by atoms with van der Waals surface area (Å²) in [4.78, 5) is 19.7. The van der Waals surface area contributed by atoms with Crippen LogP contribution in [-0.2, 0) is 11.3 Å². The van der Waals surface area contributed by atoms with Gasteiger partial charge in [-0.25, -0.2) is 9.78 Å². The molecule has 0 bridgehead atoms. The minimum Gasteiger partial charge on any atom is -0.441 e. The van der Waals surface area contributed by atoms with Crippen LogP contribution in [0.2, 0.25) is 0 Å². The van der Waals surface area contributed by atoms with Crippen molar-refractivity contribution in [3.05, 3.63) is 41.4 Å². The number of likely N-dealkylation sites (tertiary alicyclic amines) is 1. The maximum absolute atomic E-state index is 11.4. The topological polar surface area (TPSA) is 54.5 Å². The van der Waals surface area contributed by atoms with Crippen LogP contribution in [0.1, 0.15) is 24.1 Å². The van der Waals surface area contributed by atoms with Crippen LogP contribution in [0.15, 0.2) is 36.5 Å². The van der Waals surface area contributed by atoms with E-state index in [2.05, 4.69) is 27.3 Å². The Labute approximate surface area is 145 Å². The number of carbonyl (C=O) groups is 1. The summed E-state index contributed by atoms with van der Waals surface area (Å²) in [5, 5.41) is 3.88. The van der Waals surface area contributed by atoms with Crippen molar-refractivity contribution in [2.75, 3.05) is 19.6 Å². The van der Waals surface area contributed by atoms with Crippen molar-refractivity contribution in [3.63, 3.8) is 0 Å². The number of alkyl carbamates (subject to hydrolysis) is 1. The molecule has 2 aliphatic heterocycles. The van der Waals surface area contributed by atoms with E-state index in [9.17, 15) is 4.79 Å². The average Bonchev–Trinajstić information content (AvgIpc) is 3.15. The highest BCUT2D eigenvalue weighted by atomic mass is 32.1. The predicted molar refractivity (Wildman–Crippen MR) is 93.9 cm³/mol. The normalized spacial score (nSPS) is 24.6. The van der Waals surface area contributed by atoms with E-state index in [0.29, 0.717) is 6.54 Å². The van der Waals surface area contributed by atoms with E-state index in [4.69, 9.17) is 4.74 Å². The number of hydrogen-bond donors (Lipinski definition) is 1. The Morgan fingerprint density at radius 2 is 2.12 bits per heavy atom. The van der Waals surface area contributed by atoms with Gasteiger partial charge in [-0.3, -0.25) is 4.90 Å².